The number of carbonyl (C=O) groups is 1. The average Bonchev–Trinajstić information content (AvgIpc) is 3.06. The van der Waals surface area contributed by atoms with Gasteiger partial charge in [-0.25, -0.2) is 13.1 Å². The van der Waals surface area contributed by atoms with Crippen molar-refractivity contribution in [2.75, 3.05) is 5.32 Å². The lowest BCUT2D eigenvalue weighted by Gasteiger charge is -2.13. The van der Waals surface area contributed by atoms with Crippen LogP contribution in [0.3, 0.4) is 0 Å². The van der Waals surface area contributed by atoms with Gasteiger partial charge in [0, 0.05) is 17.3 Å². The molecule has 0 atom stereocenters. The summed E-state index contributed by atoms with van der Waals surface area (Å²) < 4.78 is 27.6. The highest BCUT2D eigenvalue weighted by Crippen LogP contribution is 2.21. The predicted octanol–water partition coefficient (Wildman–Crippen LogP) is 3.78. The van der Waals surface area contributed by atoms with Crippen LogP contribution in [0.5, 0.6) is 0 Å². The summed E-state index contributed by atoms with van der Waals surface area (Å²) in [5.41, 5.74) is 3.29. The quantitative estimate of drug-likeness (QED) is 0.839. The van der Waals surface area contributed by atoms with Crippen molar-refractivity contribution in [2.45, 2.75) is 50.5 Å². The Labute approximate surface area is 154 Å². The number of nitrogens with one attached hydrogen (secondary N) is 2. The second-order valence-electron chi connectivity index (χ2n) is 6.96. The molecule has 5 nitrogen and oxygen atoms in total. The van der Waals surface area contributed by atoms with Gasteiger partial charge in [0.1, 0.15) is 0 Å². The Morgan fingerprint density at radius 1 is 0.962 bits per heavy atom. The fourth-order valence-corrected chi connectivity index (χ4v) is 4.67. The van der Waals surface area contributed by atoms with Gasteiger partial charge < -0.3 is 5.32 Å². The van der Waals surface area contributed by atoms with Crippen molar-refractivity contribution < 1.29 is 13.2 Å². The molecule has 0 radical (unpaired) electrons. The molecule has 2 aromatic rings. The number of anilines is 1. The summed E-state index contributed by atoms with van der Waals surface area (Å²) in [7, 11) is -3.54. The van der Waals surface area contributed by atoms with Gasteiger partial charge in [-0.3, -0.25) is 4.79 Å². The SMILES string of the molecule is Cc1cc(C)cc(NC(=O)c2ccc(S(=O)(=O)NC3CCCC3)cc2)c1. The molecule has 0 unspecified atom stereocenters. The number of rotatable bonds is 5. The van der Waals surface area contributed by atoms with Gasteiger partial charge in [-0.1, -0.05) is 18.9 Å². The van der Waals surface area contributed by atoms with E-state index >= 15 is 0 Å². The van der Waals surface area contributed by atoms with Gasteiger partial charge in [0.05, 0.1) is 4.90 Å². The first-order chi connectivity index (χ1) is 12.3. The molecule has 2 aromatic carbocycles. The van der Waals surface area contributed by atoms with Crippen LogP contribution < -0.4 is 10.0 Å². The number of benzene rings is 2. The van der Waals surface area contributed by atoms with E-state index in [0.717, 1.165) is 42.5 Å². The molecule has 0 heterocycles. The van der Waals surface area contributed by atoms with Gasteiger partial charge in [0.2, 0.25) is 10.0 Å². The molecule has 0 saturated heterocycles. The molecular formula is C20H24N2O3S. The van der Waals surface area contributed by atoms with Gasteiger partial charge in [-0.05, 0) is 74.2 Å². The zero-order chi connectivity index (χ0) is 18.7. The van der Waals surface area contributed by atoms with Crippen molar-refractivity contribution in [1.82, 2.24) is 4.72 Å². The summed E-state index contributed by atoms with van der Waals surface area (Å²) in [4.78, 5) is 12.6. The number of carbonyl (C=O) groups excluding carboxylic acids is 1. The van der Waals surface area contributed by atoms with Gasteiger partial charge in [0.25, 0.3) is 5.91 Å². The van der Waals surface area contributed by atoms with Crippen molar-refractivity contribution >= 4 is 21.6 Å². The zero-order valence-electron chi connectivity index (χ0n) is 15.1. The highest BCUT2D eigenvalue weighted by Gasteiger charge is 2.23. The van der Waals surface area contributed by atoms with E-state index in [1.54, 1.807) is 12.1 Å². The number of hydrogen-bond acceptors (Lipinski definition) is 3. The molecule has 1 fully saturated rings. The summed E-state index contributed by atoms with van der Waals surface area (Å²) in [5.74, 6) is -0.261. The Hall–Kier alpha value is -2.18. The van der Waals surface area contributed by atoms with E-state index < -0.39 is 10.0 Å². The van der Waals surface area contributed by atoms with Crippen molar-refractivity contribution in [3.63, 3.8) is 0 Å². The van der Waals surface area contributed by atoms with Crippen LogP contribution in [0, 0.1) is 13.8 Å². The third-order valence-corrected chi connectivity index (χ3v) is 6.12. The maximum absolute atomic E-state index is 12.4. The Bertz CT molecular complexity index is 879. The molecule has 1 aliphatic carbocycles. The second kappa shape index (κ2) is 7.60. The minimum atomic E-state index is -3.54. The minimum Gasteiger partial charge on any atom is -0.322 e. The highest BCUT2D eigenvalue weighted by atomic mass is 32.2. The Morgan fingerprint density at radius 3 is 2.12 bits per heavy atom. The molecule has 1 aliphatic rings. The average molecular weight is 372 g/mol. The first-order valence-electron chi connectivity index (χ1n) is 8.85. The fraction of sp³-hybridized carbons (Fsp3) is 0.350. The van der Waals surface area contributed by atoms with E-state index in [4.69, 9.17) is 0 Å². The summed E-state index contributed by atoms with van der Waals surface area (Å²) >= 11 is 0. The molecule has 6 heteroatoms. The highest BCUT2D eigenvalue weighted by molar-refractivity contribution is 7.89. The first-order valence-corrected chi connectivity index (χ1v) is 10.3. The summed E-state index contributed by atoms with van der Waals surface area (Å²) in [6.45, 7) is 3.94. The van der Waals surface area contributed by atoms with Gasteiger partial charge in [0.15, 0.2) is 0 Å². The van der Waals surface area contributed by atoms with E-state index in [9.17, 15) is 13.2 Å². The Kier molecular flexibility index (Phi) is 5.44. The number of hydrogen-bond donors (Lipinski definition) is 2. The van der Waals surface area contributed by atoms with E-state index in [-0.39, 0.29) is 16.8 Å². The van der Waals surface area contributed by atoms with E-state index in [1.807, 2.05) is 32.0 Å². The van der Waals surface area contributed by atoms with Crippen LogP contribution in [0.2, 0.25) is 0 Å². The van der Waals surface area contributed by atoms with Crippen molar-refractivity contribution in [2.24, 2.45) is 0 Å². The van der Waals surface area contributed by atoms with E-state index in [2.05, 4.69) is 10.0 Å². The lowest BCUT2D eigenvalue weighted by Crippen LogP contribution is -2.32. The summed E-state index contributed by atoms with van der Waals surface area (Å²) in [6.07, 6.45) is 3.89. The normalized spacial score (nSPS) is 15.2. The van der Waals surface area contributed by atoms with Crippen LogP contribution in [-0.4, -0.2) is 20.4 Å². The van der Waals surface area contributed by atoms with Crippen molar-refractivity contribution in [3.05, 3.63) is 59.2 Å². The lowest BCUT2D eigenvalue weighted by molar-refractivity contribution is 0.102. The molecule has 0 aliphatic heterocycles. The first kappa shape index (κ1) is 18.6. The lowest BCUT2D eigenvalue weighted by atomic mass is 10.1. The smallest absolute Gasteiger partial charge is 0.255 e. The minimum absolute atomic E-state index is 0.0209. The van der Waals surface area contributed by atoms with Gasteiger partial charge >= 0.3 is 0 Å². The number of amides is 1. The summed E-state index contributed by atoms with van der Waals surface area (Å²) in [5, 5.41) is 2.85. The molecule has 2 N–H and O–H groups in total. The molecule has 1 amide bonds. The van der Waals surface area contributed by atoms with Crippen LogP contribution in [0.1, 0.15) is 47.2 Å². The molecule has 0 spiro atoms. The van der Waals surface area contributed by atoms with Crippen LogP contribution >= 0.6 is 0 Å². The standard InChI is InChI=1S/C20H24N2O3S/c1-14-11-15(2)13-18(12-14)21-20(23)16-7-9-19(10-8-16)26(24,25)22-17-5-3-4-6-17/h7-13,17,22H,3-6H2,1-2H3,(H,21,23). The van der Waals surface area contributed by atoms with Crippen molar-refractivity contribution in [1.29, 1.82) is 0 Å². The molecule has 26 heavy (non-hydrogen) atoms. The third kappa shape index (κ3) is 4.51. The monoisotopic (exact) mass is 372 g/mol. The second-order valence-corrected chi connectivity index (χ2v) is 8.67. The Balaban J connectivity index is 1.71. The fourth-order valence-electron chi connectivity index (χ4n) is 3.37. The van der Waals surface area contributed by atoms with Crippen LogP contribution in [0.15, 0.2) is 47.4 Å². The number of sulfonamides is 1. The van der Waals surface area contributed by atoms with E-state index in [1.165, 1.54) is 12.1 Å². The van der Waals surface area contributed by atoms with Gasteiger partial charge in [-0.2, -0.15) is 0 Å². The molecule has 3 rings (SSSR count). The van der Waals surface area contributed by atoms with Crippen LogP contribution in [0.25, 0.3) is 0 Å². The molecule has 138 valence electrons. The largest absolute Gasteiger partial charge is 0.322 e. The van der Waals surface area contributed by atoms with Crippen LogP contribution in [-0.2, 0) is 10.0 Å². The van der Waals surface area contributed by atoms with Gasteiger partial charge in [-0.15, -0.1) is 0 Å². The maximum Gasteiger partial charge on any atom is 0.255 e. The predicted molar refractivity (Wildman–Crippen MR) is 103 cm³/mol. The molecule has 0 bridgehead atoms. The topological polar surface area (TPSA) is 75.3 Å². The zero-order valence-corrected chi connectivity index (χ0v) is 15.9. The van der Waals surface area contributed by atoms with Crippen molar-refractivity contribution in [3.8, 4) is 0 Å². The third-order valence-electron chi connectivity index (χ3n) is 4.58. The summed E-state index contributed by atoms with van der Waals surface area (Å²) in [6, 6.07) is 11.9. The Morgan fingerprint density at radius 2 is 1.54 bits per heavy atom. The molecule has 1 saturated carbocycles. The van der Waals surface area contributed by atoms with E-state index in [0.29, 0.717) is 5.56 Å². The maximum atomic E-state index is 12.4. The van der Waals surface area contributed by atoms with Crippen LogP contribution in [0.4, 0.5) is 5.69 Å². The molecule has 0 aromatic heterocycles. The molecular weight excluding hydrogens is 348 g/mol. The number of aryl methyl sites for hydroxylation is 2.